The number of rotatable bonds is 4. The zero-order valence-electron chi connectivity index (χ0n) is 10.6. The van der Waals surface area contributed by atoms with Gasteiger partial charge in [-0.1, -0.05) is 0 Å². The molecule has 2 aromatic rings. The summed E-state index contributed by atoms with van der Waals surface area (Å²) in [6.45, 7) is 0. The molecule has 1 aromatic carbocycles. The van der Waals surface area contributed by atoms with Gasteiger partial charge in [-0.3, -0.25) is 4.79 Å². The van der Waals surface area contributed by atoms with Crippen LogP contribution in [0.4, 0.5) is 5.69 Å². The SMILES string of the molecule is COC(=O)c1ccc(NC(=O)C(Cl)c2ccsc2)cc1. The summed E-state index contributed by atoms with van der Waals surface area (Å²) in [5.41, 5.74) is 1.76. The third-order valence-corrected chi connectivity index (χ3v) is 3.79. The van der Waals surface area contributed by atoms with Gasteiger partial charge in [0.1, 0.15) is 5.38 Å². The second-order valence-electron chi connectivity index (χ2n) is 3.98. The minimum atomic E-state index is -0.735. The van der Waals surface area contributed by atoms with E-state index < -0.39 is 11.3 Å². The zero-order valence-corrected chi connectivity index (χ0v) is 12.2. The van der Waals surface area contributed by atoms with E-state index in [0.29, 0.717) is 11.3 Å². The first-order chi connectivity index (χ1) is 9.61. The first kappa shape index (κ1) is 14.6. The van der Waals surface area contributed by atoms with Crippen molar-refractivity contribution >= 4 is 40.5 Å². The van der Waals surface area contributed by atoms with Gasteiger partial charge in [0.25, 0.3) is 0 Å². The van der Waals surface area contributed by atoms with Crippen LogP contribution in [-0.2, 0) is 9.53 Å². The molecule has 0 saturated carbocycles. The molecular formula is C14H12ClNO3S. The number of halogens is 1. The van der Waals surface area contributed by atoms with Crippen molar-refractivity contribution < 1.29 is 14.3 Å². The van der Waals surface area contributed by atoms with E-state index in [1.54, 1.807) is 24.3 Å². The van der Waals surface area contributed by atoms with Gasteiger partial charge >= 0.3 is 5.97 Å². The Bertz CT molecular complexity index is 595. The van der Waals surface area contributed by atoms with Crippen LogP contribution < -0.4 is 5.32 Å². The van der Waals surface area contributed by atoms with Crippen molar-refractivity contribution in [3.05, 3.63) is 52.2 Å². The lowest BCUT2D eigenvalue weighted by atomic mass is 10.2. The van der Waals surface area contributed by atoms with Gasteiger partial charge in [-0.2, -0.15) is 11.3 Å². The van der Waals surface area contributed by atoms with Crippen LogP contribution in [0, 0.1) is 0 Å². The van der Waals surface area contributed by atoms with Crippen LogP contribution in [0.1, 0.15) is 21.3 Å². The van der Waals surface area contributed by atoms with Crippen LogP contribution >= 0.6 is 22.9 Å². The van der Waals surface area contributed by atoms with E-state index in [4.69, 9.17) is 11.6 Å². The Balaban J connectivity index is 2.03. The van der Waals surface area contributed by atoms with Crippen molar-refractivity contribution in [2.45, 2.75) is 5.38 Å². The number of benzene rings is 1. The molecule has 1 aromatic heterocycles. The Morgan fingerprint density at radius 2 is 1.95 bits per heavy atom. The van der Waals surface area contributed by atoms with Crippen LogP contribution in [0.3, 0.4) is 0 Å². The standard InChI is InChI=1S/C14H12ClNO3S/c1-19-14(18)9-2-4-11(5-3-9)16-13(17)12(15)10-6-7-20-8-10/h2-8,12H,1H3,(H,16,17). The maximum Gasteiger partial charge on any atom is 0.337 e. The lowest BCUT2D eigenvalue weighted by Crippen LogP contribution is -2.17. The summed E-state index contributed by atoms with van der Waals surface area (Å²) in [5.74, 6) is -0.729. The molecule has 4 nitrogen and oxygen atoms in total. The molecule has 0 aliphatic rings. The van der Waals surface area contributed by atoms with E-state index in [1.807, 2.05) is 16.8 Å². The van der Waals surface area contributed by atoms with Gasteiger partial charge < -0.3 is 10.1 Å². The number of methoxy groups -OCH3 is 1. The third-order valence-electron chi connectivity index (χ3n) is 2.64. The zero-order chi connectivity index (χ0) is 14.5. The van der Waals surface area contributed by atoms with E-state index in [2.05, 4.69) is 10.1 Å². The first-order valence-electron chi connectivity index (χ1n) is 5.77. The lowest BCUT2D eigenvalue weighted by molar-refractivity contribution is -0.116. The number of hydrogen-bond acceptors (Lipinski definition) is 4. The maximum atomic E-state index is 12.0. The number of carbonyl (C=O) groups is 2. The monoisotopic (exact) mass is 309 g/mol. The molecule has 0 aliphatic heterocycles. The number of anilines is 1. The van der Waals surface area contributed by atoms with Gasteiger partial charge in [-0.25, -0.2) is 4.79 Å². The highest BCUT2D eigenvalue weighted by Gasteiger charge is 2.18. The summed E-state index contributed by atoms with van der Waals surface area (Å²) in [5, 5.41) is 5.66. The topological polar surface area (TPSA) is 55.4 Å². The van der Waals surface area contributed by atoms with Gasteiger partial charge in [-0.15, -0.1) is 11.6 Å². The van der Waals surface area contributed by atoms with Crippen molar-refractivity contribution in [2.75, 3.05) is 12.4 Å². The van der Waals surface area contributed by atoms with E-state index in [0.717, 1.165) is 5.56 Å². The minimum absolute atomic E-state index is 0.309. The molecule has 1 heterocycles. The molecule has 1 amide bonds. The van der Waals surface area contributed by atoms with Gasteiger partial charge in [0.15, 0.2) is 0 Å². The molecule has 0 fully saturated rings. The predicted octanol–water partition coefficient (Wildman–Crippen LogP) is 3.45. The summed E-state index contributed by atoms with van der Waals surface area (Å²) < 4.78 is 4.60. The number of alkyl halides is 1. The Hall–Kier alpha value is -1.85. The molecule has 20 heavy (non-hydrogen) atoms. The third kappa shape index (κ3) is 3.37. The number of nitrogens with one attached hydrogen (secondary N) is 1. The smallest absolute Gasteiger partial charge is 0.337 e. The maximum absolute atomic E-state index is 12.0. The van der Waals surface area contributed by atoms with Crippen LogP contribution in [-0.4, -0.2) is 19.0 Å². The quantitative estimate of drug-likeness (QED) is 0.695. The summed E-state index contributed by atoms with van der Waals surface area (Å²) in [6.07, 6.45) is 0. The number of thiophene rings is 1. The van der Waals surface area contributed by atoms with E-state index >= 15 is 0 Å². The highest BCUT2D eigenvalue weighted by molar-refractivity contribution is 7.08. The average molecular weight is 310 g/mol. The summed E-state index contributed by atoms with van der Waals surface area (Å²) in [6, 6.07) is 8.22. The lowest BCUT2D eigenvalue weighted by Gasteiger charge is -2.09. The molecule has 104 valence electrons. The molecular weight excluding hydrogens is 298 g/mol. The number of carbonyl (C=O) groups excluding carboxylic acids is 2. The molecule has 0 bridgehead atoms. The number of ether oxygens (including phenoxy) is 1. The van der Waals surface area contributed by atoms with Crippen LogP contribution in [0.15, 0.2) is 41.1 Å². The molecule has 6 heteroatoms. The molecule has 0 saturated heterocycles. The molecule has 1 atom stereocenters. The molecule has 1 unspecified atom stereocenters. The van der Waals surface area contributed by atoms with Gasteiger partial charge in [-0.05, 0) is 46.7 Å². The van der Waals surface area contributed by atoms with E-state index in [1.165, 1.54) is 18.4 Å². The van der Waals surface area contributed by atoms with Crippen molar-refractivity contribution in [3.63, 3.8) is 0 Å². The van der Waals surface area contributed by atoms with Gasteiger partial charge in [0.2, 0.25) is 5.91 Å². The van der Waals surface area contributed by atoms with Crippen LogP contribution in [0.2, 0.25) is 0 Å². The van der Waals surface area contributed by atoms with Crippen molar-refractivity contribution in [3.8, 4) is 0 Å². The average Bonchev–Trinajstić information content (AvgIpc) is 3.00. The molecule has 0 aliphatic carbocycles. The normalized spacial score (nSPS) is 11.7. The van der Waals surface area contributed by atoms with Gasteiger partial charge in [0, 0.05) is 5.69 Å². The fraction of sp³-hybridized carbons (Fsp3) is 0.143. The fourth-order valence-corrected chi connectivity index (χ4v) is 2.53. The van der Waals surface area contributed by atoms with E-state index in [9.17, 15) is 9.59 Å². The number of esters is 1. The predicted molar refractivity (Wildman–Crippen MR) is 79.3 cm³/mol. The van der Waals surface area contributed by atoms with Crippen molar-refractivity contribution in [1.82, 2.24) is 0 Å². The number of hydrogen-bond donors (Lipinski definition) is 1. The van der Waals surface area contributed by atoms with Crippen LogP contribution in [0.25, 0.3) is 0 Å². The van der Waals surface area contributed by atoms with Crippen LogP contribution in [0.5, 0.6) is 0 Å². The summed E-state index contributed by atoms with van der Waals surface area (Å²) >= 11 is 7.56. The summed E-state index contributed by atoms with van der Waals surface area (Å²) in [4.78, 5) is 23.2. The Morgan fingerprint density at radius 3 is 2.50 bits per heavy atom. The molecule has 0 spiro atoms. The Morgan fingerprint density at radius 1 is 1.25 bits per heavy atom. The number of amides is 1. The molecule has 1 N–H and O–H groups in total. The largest absolute Gasteiger partial charge is 0.465 e. The molecule has 0 radical (unpaired) electrons. The second kappa shape index (κ2) is 6.54. The molecule has 2 rings (SSSR count). The van der Waals surface area contributed by atoms with E-state index in [-0.39, 0.29) is 5.91 Å². The summed E-state index contributed by atoms with van der Waals surface area (Å²) in [7, 11) is 1.32. The Kier molecular flexibility index (Phi) is 4.76. The highest BCUT2D eigenvalue weighted by Crippen LogP contribution is 2.24. The van der Waals surface area contributed by atoms with Gasteiger partial charge in [0.05, 0.1) is 12.7 Å². The first-order valence-corrected chi connectivity index (χ1v) is 7.15. The second-order valence-corrected chi connectivity index (χ2v) is 5.19. The van der Waals surface area contributed by atoms with Crippen molar-refractivity contribution in [2.24, 2.45) is 0 Å². The fourth-order valence-electron chi connectivity index (χ4n) is 1.58. The highest BCUT2D eigenvalue weighted by atomic mass is 35.5. The van der Waals surface area contributed by atoms with Crippen molar-refractivity contribution in [1.29, 1.82) is 0 Å². The Labute approximate surface area is 125 Å². The minimum Gasteiger partial charge on any atom is -0.465 e.